The summed E-state index contributed by atoms with van der Waals surface area (Å²) in [6, 6.07) is 0. The van der Waals surface area contributed by atoms with E-state index in [2.05, 4.69) is 74.6 Å². The maximum Gasteiger partial charge on any atom is 0.472 e. The highest BCUT2D eigenvalue weighted by atomic mass is 31.2. The lowest BCUT2D eigenvalue weighted by Gasteiger charge is -2.20. The van der Waals surface area contributed by atoms with E-state index in [-0.39, 0.29) is 38.8 Å². The smallest absolute Gasteiger partial charge is 0.457 e. The molecule has 3 N–H and O–H groups in total. The first-order valence-electron chi connectivity index (χ1n) is 20.8. The van der Waals surface area contributed by atoms with Gasteiger partial charge in [0.2, 0.25) is 0 Å². The topological polar surface area (TPSA) is 117 Å². The average molecular weight is 752 g/mol. The number of ether oxygens (including phenoxy) is 2. The molecule has 52 heavy (non-hydrogen) atoms. The van der Waals surface area contributed by atoms with Gasteiger partial charge in [-0.05, 0) is 77.0 Å². The molecule has 0 saturated heterocycles. The van der Waals surface area contributed by atoms with Gasteiger partial charge in [0.25, 0.3) is 0 Å². The minimum atomic E-state index is -4.29. The minimum Gasteiger partial charge on any atom is -0.457 e. The van der Waals surface area contributed by atoms with Gasteiger partial charge in [-0.3, -0.25) is 13.8 Å². The lowest BCUT2D eigenvalue weighted by Crippen LogP contribution is -2.28. The second-order valence-electron chi connectivity index (χ2n) is 13.5. The van der Waals surface area contributed by atoms with E-state index in [1.807, 2.05) is 0 Å². The molecule has 0 radical (unpaired) electrons. The van der Waals surface area contributed by atoms with Crippen molar-refractivity contribution in [3.63, 3.8) is 0 Å². The number of unbranched alkanes of at least 4 members (excludes halogenated alkanes) is 16. The number of phosphoric acid groups is 1. The van der Waals surface area contributed by atoms with Crippen LogP contribution in [-0.2, 0) is 27.9 Å². The maximum atomic E-state index is 12.5. The summed E-state index contributed by atoms with van der Waals surface area (Å²) in [5, 5.41) is 0. The van der Waals surface area contributed by atoms with Crippen LogP contribution in [0.15, 0.2) is 60.8 Å². The molecule has 8 nitrogen and oxygen atoms in total. The van der Waals surface area contributed by atoms with Gasteiger partial charge in [0.05, 0.1) is 19.8 Å². The molecule has 0 aliphatic carbocycles. The van der Waals surface area contributed by atoms with E-state index in [1.165, 1.54) is 89.9 Å². The molecule has 0 bridgehead atoms. The number of nitrogens with two attached hydrogens (primary N) is 1. The fourth-order valence-corrected chi connectivity index (χ4v) is 6.16. The van der Waals surface area contributed by atoms with Crippen LogP contribution in [0.5, 0.6) is 0 Å². The Bertz CT molecular complexity index is 979. The van der Waals surface area contributed by atoms with Crippen LogP contribution in [0.1, 0.15) is 168 Å². The summed E-state index contributed by atoms with van der Waals surface area (Å²) in [5.41, 5.74) is 5.36. The second kappa shape index (κ2) is 40.4. The molecular weight excluding hydrogens is 673 g/mol. The van der Waals surface area contributed by atoms with Gasteiger partial charge in [0.1, 0.15) is 6.10 Å². The number of rotatable bonds is 39. The Labute approximate surface area is 319 Å². The molecular formula is C43H78NO7P. The zero-order valence-electron chi connectivity index (χ0n) is 33.3. The zero-order valence-corrected chi connectivity index (χ0v) is 34.2. The molecule has 9 heteroatoms. The number of carbonyl (C=O) groups is 1. The van der Waals surface area contributed by atoms with Crippen molar-refractivity contribution in [1.29, 1.82) is 0 Å². The van der Waals surface area contributed by atoms with E-state index in [4.69, 9.17) is 24.3 Å². The fraction of sp³-hybridized carbons (Fsp3) is 0.744. The first-order chi connectivity index (χ1) is 25.4. The van der Waals surface area contributed by atoms with Crippen LogP contribution in [0.3, 0.4) is 0 Å². The Morgan fingerprint density at radius 2 is 1.08 bits per heavy atom. The van der Waals surface area contributed by atoms with Gasteiger partial charge in [0, 0.05) is 19.6 Å². The molecule has 0 fully saturated rings. The summed E-state index contributed by atoms with van der Waals surface area (Å²) in [6.07, 6.45) is 48.1. The summed E-state index contributed by atoms with van der Waals surface area (Å²) < 4.78 is 33.3. The van der Waals surface area contributed by atoms with Gasteiger partial charge in [-0.25, -0.2) is 4.57 Å². The lowest BCUT2D eigenvalue weighted by molar-refractivity contribution is -0.154. The van der Waals surface area contributed by atoms with Crippen molar-refractivity contribution in [2.75, 3.05) is 33.0 Å². The first kappa shape index (κ1) is 50.2. The second-order valence-corrected chi connectivity index (χ2v) is 14.9. The van der Waals surface area contributed by atoms with Crippen molar-refractivity contribution in [1.82, 2.24) is 0 Å². The number of phosphoric ester groups is 1. The van der Waals surface area contributed by atoms with Crippen LogP contribution in [0.4, 0.5) is 0 Å². The number of hydrogen-bond donors (Lipinski definition) is 2. The van der Waals surface area contributed by atoms with Crippen LogP contribution in [0.25, 0.3) is 0 Å². The number of carbonyl (C=O) groups excluding carboxylic acids is 1. The summed E-state index contributed by atoms with van der Waals surface area (Å²) >= 11 is 0. The molecule has 2 atom stereocenters. The third-order valence-corrected chi connectivity index (χ3v) is 9.40. The van der Waals surface area contributed by atoms with Crippen molar-refractivity contribution in [2.45, 2.75) is 174 Å². The number of allylic oxidation sites excluding steroid dienone is 10. The highest BCUT2D eigenvalue weighted by molar-refractivity contribution is 7.47. The van der Waals surface area contributed by atoms with E-state index in [0.29, 0.717) is 13.0 Å². The van der Waals surface area contributed by atoms with E-state index in [9.17, 15) is 14.3 Å². The Morgan fingerprint density at radius 3 is 1.63 bits per heavy atom. The first-order valence-corrected chi connectivity index (χ1v) is 22.3. The van der Waals surface area contributed by atoms with E-state index < -0.39 is 13.9 Å². The molecule has 0 heterocycles. The van der Waals surface area contributed by atoms with Crippen molar-refractivity contribution in [3.8, 4) is 0 Å². The average Bonchev–Trinajstić information content (AvgIpc) is 3.13. The Balaban J connectivity index is 4.12. The van der Waals surface area contributed by atoms with Crippen molar-refractivity contribution < 1.29 is 32.8 Å². The van der Waals surface area contributed by atoms with Gasteiger partial charge >= 0.3 is 13.8 Å². The molecule has 0 rings (SSSR count). The molecule has 0 saturated carbocycles. The van der Waals surface area contributed by atoms with Gasteiger partial charge in [-0.1, -0.05) is 145 Å². The normalized spacial score (nSPS) is 14.2. The van der Waals surface area contributed by atoms with Crippen molar-refractivity contribution in [2.24, 2.45) is 5.73 Å². The van der Waals surface area contributed by atoms with Crippen LogP contribution in [-0.4, -0.2) is 49.9 Å². The predicted octanol–water partition coefficient (Wildman–Crippen LogP) is 12.2. The van der Waals surface area contributed by atoms with E-state index in [1.54, 1.807) is 0 Å². The molecule has 0 aromatic heterocycles. The summed E-state index contributed by atoms with van der Waals surface area (Å²) in [4.78, 5) is 22.4. The molecule has 0 aliphatic heterocycles. The van der Waals surface area contributed by atoms with Crippen LogP contribution in [0.2, 0.25) is 0 Å². The molecule has 0 aromatic carbocycles. The largest absolute Gasteiger partial charge is 0.472 e. The Hall–Kier alpha value is -1.80. The standard InChI is InChI=1S/C43H78NO7P/c1-3-5-7-9-11-13-15-17-19-20-21-23-25-27-29-31-33-35-38-48-40-42(41-50-52(46,47)49-39-37-44)51-43(45)36-34-32-30-28-26-24-22-18-16-14-12-10-8-6-4-2/h6,8,12,14,17-19,22,26,28,42H,3-5,7,9-11,13,15-16,20-21,23-25,27,29-41,44H2,1-2H3,(H,46,47)/b8-6-,14-12-,19-17-,22-18-,28-26-. The van der Waals surface area contributed by atoms with E-state index in [0.717, 1.165) is 51.4 Å². The Morgan fingerprint density at radius 1 is 0.596 bits per heavy atom. The molecule has 0 amide bonds. The monoisotopic (exact) mass is 752 g/mol. The van der Waals surface area contributed by atoms with E-state index >= 15 is 0 Å². The van der Waals surface area contributed by atoms with Gasteiger partial charge < -0.3 is 20.1 Å². The summed E-state index contributed by atoms with van der Waals surface area (Å²) in [6.45, 7) is 4.73. The lowest BCUT2D eigenvalue weighted by atomic mass is 10.1. The predicted molar refractivity (Wildman–Crippen MR) is 219 cm³/mol. The fourth-order valence-electron chi connectivity index (χ4n) is 5.39. The zero-order chi connectivity index (χ0) is 38.1. The molecule has 302 valence electrons. The highest BCUT2D eigenvalue weighted by Crippen LogP contribution is 2.43. The molecule has 0 aromatic rings. The quantitative estimate of drug-likeness (QED) is 0.0276. The number of hydrogen-bond acceptors (Lipinski definition) is 7. The van der Waals surface area contributed by atoms with Gasteiger partial charge in [-0.2, -0.15) is 0 Å². The third-order valence-electron chi connectivity index (χ3n) is 8.42. The molecule has 2 unspecified atom stereocenters. The SMILES string of the molecule is CC/C=C\C/C=C\C/C=C\C/C=C\CCCCC(=O)OC(COCCCCCCCCCC/C=C\CCCCCCCC)COP(=O)(O)OCCN. The molecule has 0 spiro atoms. The van der Waals surface area contributed by atoms with Crippen molar-refractivity contribution in [3.05, 3.63) is 60.8 Å². The van der Waals surface area contributed by atoms with Crippen LogP contribution >= 0.6 is 7.82 Å². The third kappa shape index (κ3) is 39.4. The maximum absolute atomic E-state index is 12.5. The van der Waals surface area contributed by atoms with Crippen molar-refractivity contribution >= 4 is 13.8 Å². The highest BCUT2D eigenvalue weighted by Gasteiger charge is 2.25. The minimum absolute atomic E-state index is 0.0906. The van der Waals surface area contributed by atoms with Gasteiger partial charge in [0.15, 0.2) is 0 Å². The van der Waals surface area contributed by atoms with Crippen LogP contribution < -0.4 is 5.73 Å². The Kier molecular flexibility index (Phi) is 39.0. The molecule has 0 aliphatic rings. The summed E-state index contributed by atoms with van der Waals surface area (Å²) in [5.74, 6) is -0.373. The number of esters is 1. The summed E-state index contributed by atoms with van der Waals surface area (Å²) in [7, 11) is -4.29. The van der Waals surface area contributed by atoms with Crippen LogP contribution in [0, 0.1) is 0 Å². The van der Waals surface area contributed by atoms with Gasteiger partial charge in [-0.15, -0.1) is 0 Å².